The molecule has 0 bridgehead atoms. The van der Waals surface area contributed by atoms with Crippen molar-refractivity contribution in [2.24, 2.45) is 0 Å². The predicted molar refractivity (Wildman–Crippen MR) is 37.1 cm³/mol. The minimum absolute atomic E-state index is 0.0573. The highest BCUT2D eigenvalue weighted by atomic mass is 16.5. The molecule has 0 unspecified atom stereocenters. The van der Waals surface area contributed by atoms with Crippen molar-refractivity contribution >= 4 is 0 Å². The molecule has 0 heterocycles. The van der Waals surface area contributed by atoms with Crippen molar-refractivity contribution in [1.29, 1.82) is 5.26 Å². The second kappa shape index (κ2) is 4.45. The first-order valence-corrected chi connectivity index (χ1v) is 2.82. The molecule has 0 aromatic carbocycles. The number of aliphatic hydroxyl groups is 1. The van der Waals surface area contributed by atoms with Gasteiger partial charge in [-0.3, -0.25) is 0 Å². The molecule has 54 valence electrons. The summed E-state index contributed by atoms with van der Waals surface area (Å²) in [6, 6.07) is 1.72. The van der Waals surface area contributed by atoms with Gasteiger partial charge in [0.15, 0.2) is 0 Å². The highest BCUT2D eigenvalue weighted by Crippen LogP contribution is 2.01. The van der Waals surface area contributed by atoms with Crippen LogP contribution >= 0.6 is 0 Å². The molecule has 0 saturated carbocycles. The van der Waals surface area contributed by atoms with Crippen LogP contribution in [0.5, 0.6) is 0 Å². The summed E-state index contributed by atoms with van der Waals surface area (Å²) in [7, 11) is 0. The Bertz CT molecular complexity index is 188. The fraction of sp³-hybridized carbons (Fsp3) is 0.286. The fourth-order valence-corrected chi connectivity index (χ4v) is 0.326. The topological polar surface area (TPSA) is 53.2 Å². The first-order chi connectivity index (χ1) is 4.72. The van der Waals surface area contributed by atoms with E-state index < -0.39 is 0 Å². The average molecular weight is 139 g/mol. The number of rotatable bonds is 3. The van der Waals surface area contributed by atoms with E-state index in [1.165, 1.54) is 6.26 Å². The van der Waals surface area contributed by atoms with E-state index in [9.17, 15) is 0 Å². The Kier molecular flexibility index (Phi) is 3.81. The molecule has 0 fully saturated rings. The van der Waals surface area contributed by atoms with E-state index in [2.05, 4.69) is 6.58 Å². The SMILES string of the molecule is C=C(O)/C(C#N)=C\OCC. The third-order valence-corrected chi connectivity index (χ3v) is 0.799. The van der Waals surface area contributed by atoms with E-state index in [1.807, 2.05) is 0 Å². The van der Waals surface area contributed by atoms with Gasteiger partial charge in [0.2, 0.25) is 0 Å². The Hall–Kier alpha value is -1.43. The molecular weight excluding hydrogens is 130 g/mol. The highest BCUT2D eigenvalue weighted by molar-refractivity contribution is 5.33. The van der Waals surface area contributed by atoms with Crippen LogP contribution in [0.25, 0.3) is 0 Å². The summed E-state index contributed by atoms with van der Waals surface area (Å²) in [6.07, 6.45) is 1.18. The summed E-state index contributed by atoms with van der Waals surface area (Å²) in [4.78, 5) is 0. The molecule has 1 N–H and O–H groups in total. The van der Waals surface area contributed by atoms with Crippen LogP contribution in [0, 0.1) is 11.3 Å². The molecule has 0 aliphatic rings. The maximum absolute atomic E-state index is 8.67. The molecular formula is C7H9NO2. The van der Waals surface area contributed by atoms with Gasteiger partial charge in [0, 0.05) is 0 Å². The lowest BCUT2D eigenvalue weighted by atomic mass is 10.3. The highest BCUT2D eigenvalue weighted by Gasteiger charge is 1.96. The van der Waals surface area contributed by atoms with Gasteiger partial charge in [-0.25, -0.2) is 0 Å². The lowest BCUT2D eigenvalue weighted by Crippen LogP contribution is -1.86. The summed E-state index contributed by atoms with van der Waals surface area (Å²) >= 11 is 0. The van der Waals surface area contributed by atoms with Gasteiger partial charge >= 0.3 is 0 Å². The summed E-state index contributed by atoms with van der Waals surface area (Å²) in [5, 5.41) is 17.0. The van der Waals surface area contributed by atoms with Gasteiger partial charge in [-0.1, -0.05) is 6.58 Å². The Morgan fingerprint density at radius 1 is 1.90 bits per heavy atom. The predicted octanol–water partition coefficient (Wildman–Crippen LogP) is 1.50. The van der Waals surface area contributed by atoms with Gasteiger partial charge in [0.25, 0.3) is 0 Å². The second-order valence-electron chi connectivity index (χ2n) is 1.55. The minimum Gasteiger partial charge on any atom is -0.507 e. The van der Waals surface area contributed by atoms with Crippen LogP contribution < -0.4 is 0 Å². The number of nitriles is 1. The van der Waals surface area contributed by atoms with Crippen molar-refractivity contribution < 1.29 is 9.84 Å². The number of allylic oxidation sites excluding steroid dienone is 1. The molecule has 0 atom stereocenters. The third-order valence-electron chi connectivity index (χ3n) is 0.799. The summed E-state index contributed by atoms with van der Waals surface area (Å²) < 4.78 is 4.74. The van der Waals surface area contributed by atoms with Crippen LogP contribution in [-0.2, 0) is 4.74 Å². The molecule has 0 aliphatic heterocycles. The van der Waals surface area contributed by atoms with E-state index in [1.54, 1.807) is 13.0 Å². The van der Waals surface area contributed by atoms with E-state index in [0.29, 0.717) is 6.61 Å². The van der Waals surface area contributed by atoms with Gasteiger partial charge in [0.1, 0.15) is 23.7 Å². The molecule has 0 aliphatic carbocycles. The van der Waals surface area contributed by atoms with Gasteiger partial charge < -0.3 is 9.84 Å². The van der Waals surface area contributed by atoms with E-state index >= 15 is 0 Å². The number of hydrogen-bond acceptors (Lipinski definition) is 3. The standard InChI is InChI=1S/C7H9NO2/c1-3-10-5-7(4-8)6(2)9/h5,9H,2-3H2,1H3/b7-5-. The Balaban J connectivity index is 4.09. The number of ether oxygens (including phenoxy) is 1. The first kappa shape index (κ1) is 8.57. The Morgan fingerprint density at radius 2 is 2.50 bits per heavy atom. The smallest absolute Gasteiger partial charge is 0.129 e. The average Bonchev–Trinajstić information content (AvgIpc) is 1.89. The van der Waals surface area contributed by atoms with Crippen molar-refractivity contribution in [2.45, 2.75) is 6.92 Å². The zero-order valence-electron chi connectivity index (χ0n) is 5.79. The zero-order valence-corrected chi connectivity index (χ0v) is 5.79. The van der Waals surface area contributed by atoms with Crippen LogP contribution in [0.4, 0.5) is 0 Å². The van der Waals surface area contributed by atoms with Crippen molar-refractivity contribution in [3.05, 3.63) is 24.2 Å². The van der Waals surface area contributed by atoms with E-state index in [-0.39, 0.29) is 11.3 Å². The van der Waals surface area contributed by atoms with Crippen LogP contribution in [0.1, 0.15) is 6.92 Å². The molecule has 0 rings (SSSR count). The molecule has 0 aromatic heterocycles. The summed E-state index contributed by atoms with van der Waals surface area (Å²) in [6.45, 7) is 5.42. The number of nitrogens with zero attached hydrogens (tertiary/aromatic N) is 1. The molecule has 3 heteroatoms. The zero-order chi connectivity index (χ0) is 7.98. The van der Waals surface area contributed by atoms with E-state index in [4.69, 9.17) is 15.1 Å². The summed E-state index contributed by atoms with van der Waals surface area (Å²) in [5.41, 5.74) is 0.0573. The molecule has 0 saturated heterocycles. The lowest BCUT2D eigenvalue weighted by Gasteiger charge is -1.95. The number of hydrogen-bond donors (Lipinski definition) is 1. The minimum atomic E-state index is -0.268. The van der Waals surface area contributed by atoms with Gasteiger partial charge in [-0.15, -0.1) is 0 Å². The molecule has 0 spiro atoms. The van der Waals surface area contributed by atoms with Crippen LogP contribution in [-0.4, -0.2) is 11.7 Å². The summed E-state index contributed by atoms with van der Waals surface area (Å²) in [5.74, 6) is -0.268. The maximum Gasteiger partial charge on any atom is 0.129 e. The molecule has 0 radical (unpaired) electrons. The Labute approximate surface area is 59.9 Å². The van der Waals surface area contributed by atoms with Crippen molar-refractivity contribution in [3.63, 3.8) is 0 Å². The molecule has 3 nitrogen and oxygen atoms in total. The van der Waals surface area contributed by atoms with E-state index in [0.717, 1.165) is 0 Å². The third kappa shape index (κ3) is 2.78. The van der Waals surface area contributed by atoms with Gasteiger partial charge in [0.05, 0.1) is 6.61 Å². The van der Waals surface area contributed by atoms with Crippen molar-refractivity contribution in [3.8, 4) is 6.07 Å². The Morgan fingerprint density at radius 3 is 2.80 bits per heavy atom. The first-order valence-electron chi connectivity index (χ1n) is 2.82. The van der Waals surface area contributed by atoms with Crippen molar-refractivity contribution in [1.82, 2.24) is 0 Å². The van der Waals surface area contributed by atoms with Crippen LogP contribution in [0.2, 0.25) is 0 Å². The van der Waals surface area contributed by atoms with Gasteiger partial charge in [-0.05, 0) is 6.92 Å². The van der Waals surface area contributed by atoms with Gasteiger partial charge in [-0.2, -0.15) is 5.26 Å². The molecule has 0 aromatic rings. The van der Waals surface area contributed by atoms with Crippen molar-refractivity contribution in [2.75, 3.05) is 6.61 Å². The second-order valence-corrected chi connectivity index (χ2v) is 1.55. The quantitative estimate of drug-likeness (QED) is 0.366. The number of aliphatic hydroxyl groups excluding tert-OH is 1. The monoisotopic (exact) mass is 139 g/mol. The molecule has 0 amide bonds. The van der Waals surface area contributed by atoms with Crippen LogP contribution in [0.3, 0.4) is 0 Å². The largest absolute Gasteiger partial charge is 0.507 e. The fourth-order valence-electron chi connectivity index (χ4n) is 0.326. The van der Waals surface area contributed by atoms with Crippen LogP contribution in [0.15, 0.2) is 24.2 Å². The maximum atomic E-state index is 8.67. The lowest BCUT2D eigenvalue weighted by molar-refractivity contribution is 0.265. The normalized spacial score (nSPS) is 10.2. The molecule has 10 heavy (non-hydrogen) atoms.